The summed E-state index contributed by atoms with van der Waals surface area (Å²) in [5.41, 5.74) is 5.89. The third-order valence-corrected chi connectivity index (χ3v) is 2.96. The standard InChI is InChI=1S/C14H21FN2O2/c1-14(2,8-16)9-17(3)13(18)10-5-6-11(15)12(7-10)19-4/h5-7H,8-9,16H2,1-4H3. The van der Waals surface area contributed by atoms with E-state index in [1.165, 1.54) is 25.3 Å². The number of halogens is 1. The van der Waals surface area contributed by atoms with Crippen LogP contribution >= 0.6 is 0 Å². The van der Waals surface area contributed by atoms with E-state index in [1.807, 2.05) is 13.8 Å². The Kier molecular flexibility index (Phi) is 4.89. The van der Waals surface area contributed by atoms with Crippen molar-refractivity contribution in [1.82, 2.24) is 4.90 Å². The number of nitrogens with two attached hydrogens (primary N) is 1. The second kappa shape index (κ2) is 6.02. The van der Waals surface area contributed by atoms with Crippen LogP contribution in [0.4, 0.5) is 4.39 Å². The highest BCUT2D eigenvalue weighted by Crippen LogP contribution is 2.20. The average Bonchev–Trinajstić information content (AvgIpc) is 2.38. The van der Waals surface area contributed by atoms with E-state index in [2.05, 4.69) is 0 Å². The molecule has 0 saturated carbocycles. The summed E-state index contributed by atoms with van der Waals surface area (Å²) in [6.07, 6.45) is 0. The van der Waals surface area contributed by atoms with E-state index < -0.39 is 5.82 Å². The van der Waals surface area contributed by atoms with Crippen LogP contribution in [0.1, 0.15) is 24.2 Å². The maximum atomic E-state index is 13.3. The van der Waals surface area contributed by atoms with Crippen molar-refractivity contribution in [2.45, 2.75) is 13.8 Å². The van der Waals surface area contributed by atoms with Crippen LogP contribution in [0.3, 0.4) is 0 Å². The van der Waals surface area contributed by atoms with Crippen LogP contribution in [0.25, 0.3) is 0 Å². The summed E-state index contributed by atoms with van der Waals surface area (Å²) in [5, 5.41) is 0. The van der Waals surface area contributed by atoms with Crippen LogP contribution in [0, 0.1) is 11.2 Å². The minimum Gasteiger partial charge on any atom is -0.494 e. The number of benzene rings is 1. The Balaban J connectivity index is 2.88. The maximum Gasteiger partial charge on any atom is 0.253 e. The minimum atomic E-state index is -0.482. The molecule has 106 valence electrons. The van der Waals surface area contributed by atoms with Gasteiger partial charge >= 0.3 is 0 Å². The summed E-state index contributed by atoms with van der Waals surface area (Å²) in [4.78, 5) is 13.8. The lowest BCUT2D eigenvalue weighted by atomic mass is 9.93. The lowest BCUT2D eigenvalue weighted by Crippen LogP contribution is -2.39. The maximum absolute atomic E-state index is 13.3. The monoisotopic (exact) mass is 268 g/mol. The van der Waals surface area contributed by atoms with Gasteiger partial charge in [0.25, 0.3) is 5.91 Å². The molecule has 19 heavy (non-hydrogen) atoms. The van der Waals surface area contributed by atoms with Gasteiger partial charge in [-0.25, -0.2) is 4.39 Å². The molecule has 1 aromatic carbocycles. The molecule has 5 heteroatoms. The third-order valence-electron chi connectivity index (χ3n) is 2.96. The van der Waals surface area contributed by atoms with Crippen LogP contribution < -0.4 is 10.5 Å². The Morgan fingerprint density at radius 3 is 2.63 bits per heavy atom. The number of carbonyl (C=O) groups excluding carboxylic acids is 1. The quantitative estimate of drug-likeness (QED) is 0.887. The molecule has 0 bridgehead atoms. The lowest BCUT2D eigenvalue weighted by Gasteiger charge is -2.29. The highest BCUT2D eigenvalue weighted by molar-refractivity contribution is 5.94. The molecule has 0 aliphatic carbocycles. The molecule has 0 aliphatic heterocycles. The molecular formula is C14H21FN2O2. The molecule has 0 heterocycles. The number of hydrogen-bond acceptors (Lipinski definition) is 3. The van der Waals surface area contributed by atoms with Crippen LogP contribution in [0.2, 0.25) is 0 Å². The molecule has 0 spiro atoms. The number of nitrogens with zero attached hydrogens (tertiary/aromatic N) is 1. The predicted molar refractivity (Wildman–Crippen MR) is 72.7 cm³/mol. The molecular weight excluding hydrogens is 247 g/mol. The van der Waals surface area contributed by atoms with E-state index in [0.717, 1.165) is 0 Å². The molecule has 4 nitrogen and oxygen atoms in total. The first-order valence-corrected chi connectivity index (χ1v) is 6.10. The first-order valence-electron chi connectivity index (χ1n) is 6.10. The summed E-state index contributed by atoms with van der Waals surface area (Å²) in [6, 6.07) is 4.09. The molecule has 1 rings (SSSR count). The molecule has 1 aromatic rings. The first-order chi connectivity index (χ1) is 8.80. The highest BCUT2D eigenvalue weighted by atomic mass is 19.1. The van der Waals surface area contributed by atoms with Gasteiger partial charge in [0, 0.05) is 19.2 Å². The fraction of sp³-hybridized carbons (Fsp3) is 0.500. The second-order valence-electron chi connectivity index (χ2n) is 5.38. The molecule has 0 fully saturated rings. The van der Waals surface area contributed by atoms with Crippen LogP contribution in [-0.4, -0.2) is 38.1 Å². The zero-order valence-electron chi connectivity index (χ0n) is 11.9. The van der Waals surface area contributed by atoms with Crippen LogP contribution in [0.5, 0.6) is 5.75 Å². The van der Waals surface area contributed by atoms with Gasteiger partial charge in [-0.3, -0.25) is 4.79 Å². The van der Waals surface area contributed by atoms with Crippen molar-refractivity contribution in [3.8, 4) is 5.75 Å². The summed E-state index contributed by atoms with van der Waals surface area (Å²) in [5.74, 6) is -0.596. The predicted octanol–water partition coefficient (Wildman–Crippen LogP) is 1.89. The third kappa shape index (κ3) is 3.92. The number of hydrogen-bond donors (Lipinski definition) is 1. The molecule has 1 amide bonds. The number of rotatable bonds is 5. The molecule has 0 atom stereocenters. The molecule has 2 N–H and O–H groups in total. The zero-order chi connectivity index (χ0) is 14.6. The van der Waals surface area contributed by atoms with Gasteiger partial charge < -0.3 is 15.4 Å². The van der Waals surface area contributed by atoms with Gasteiger partial charge in [0.15, 0.2) is 11.6 Å². The Morgan fingerprint density at radius 1 is 1.47 bits per heavy atom. The zero-order valence-corrected chi connectivity index (χ0v) is 11.9. The number of ether oxygens (including phenoxy) is 1. The Labute approximate surface area is 113 Å². The van der Waals surface area contributed by atoms with Gasteiger partial charge in [-0.2, -0.15) is 0 Å². The largest absolute Gasteiger partial charge is 0.494 e. The lowest BCUT2D eigenvalue weighted by molar-refractivity contribution is 0.0740. The highest BCUT2D eigenvalue weighted by Gasteiger charge is 2.22. The minimum absolute atomic E-state index is 0.0670. The SMILES string of the molecule is COc1cc(C(=O)N(C)CC(C)(C)CN)ccc1F. The van der Waals surface area contributed by atoms with E-state index in [4.69, 9.17) is 10.5 Å². The van der Waals surface area contributed by atoms with Gasteiger partial charge in [0.1, 0.15) is 0 Å². The first kappa shape index (κ1) is 15.4. The molecule has 0 radical (unpaired) electrons. The van der Waals surface area contributed by atoms with Crippen molar-refractivity contribution in [1.29, 1.82) is 0 Å². The van der Waals surface area contributed by atoms with E-state index >= 15 is 0 Å². The van der Waals surface area contributed by atoms with E-state index in [1.54, 1.807) is 11.9 Å². The Morgan fingerprint density at radius 2 is 2.11 bits per heavy atom. The Hall–Kier alpha value is -1.62. The topological polar surface area (TPSA) is 55.6 Å². The molecule has 0 aromatic heterocycles. The van der Waals surface area contributed by atoms with Gasteiger partial charge in [-0.05, 0) is 30.2 Å². The van der Waals surface area contributed by atoms with Crippen LogP contribution in [0.15, 0.2) is 18.2 Å². The van der Waals surface area contributed by atoms with Gasteiger partial charge in [0.05, 0.1) is 7.11 Å². The van der Waals surface area contributed by atoms with E-state index in [0.29, 0.717) is 18.7 Å². The summed E-state index contributed by atoms with van der Waals surface area (Å²) in [7, 11) is 3.07. The van der Waals surface area contributed by atoms with Crippen molar-refractivity contribution in [3.05, 3.63) is 29.6 Å². The average molecular weight is 268 g/mol. The van der Waals surface area contributed by atoms with Gasteiger partial charge in [-0.1, -0.05) is 13.8 Å². The van der Waals surface area contributed by atoms with Crippen molar-refractivity contribution in [3.63, 3.8) is 0 Å². The number of methoxy groups -OCH3 is 1. The normalized spacial score (nSPS) is 11.3. The summed E-state index contributed by atoms with van der Waals surface area (Å²) < 4.78 is 18.2. The smallest absolute Gasteiger partial charge is 0.253 e. The Bertz CT molecular complexity index is 461. The number of carbonyl (C=O) groups is 1. The number of amides is 1. The fourth-order valence-corrected chi connectivity index (χ4v) is 1.79. The van der Waals surface area contributed by atoms with Crippen molar-refractivity contribution < 1.29 is 13.9 Å². The summed E-state index contributed by atoms with van der Waals surface area (Å²) >= 11 is 0. The van der Waals surface area contributed by atoms with Crippen LogP contribution in [-0.2, 0) is 0 Å². The van der Waals surface area contributed by atoms with E-state index in [-0.39, 0.29) is 17.1 Å². The summed E-state index contributed by atoms with van der Waals surface area (Å²) in [6.45, 7) is 4.99. The van der Waals surface area contributed by atoms with Crippen molar-refractivity contribution in [2.75, 3.05) is 27.2 Å². The molecule has 0 aliphatic rings. The van der Waals surface area contributed by atoms with E-state index in [9.17, 15) is 9.18 Å². The van der Waals surface area contributed by atoms with Crippen molar-refractivity contribution >= 4 is 5.91 Å². The second-order valence-corrected chi connectivity index (χ2v) is 5.38. The fourth-order valence-electron chi connectivity index (χ4n) is 1.79. The molecule has 0 unspecified atom stereocenters. The molecule has 0 saturated heterocycles. The van der Waals surface area contributed by atoms with Crippen molar-refractivity contribution in [2.24, 2.45) is 11.1 Å². The van der Waals surface area contributed by atoms with Gasteiger partial charge in [0.2, 0.25) is 0 Å². The van der Waals surface area contributed by atoms with Gasteiger partial charge in [-0.15, -0.1) is 0 Å².